The van der Waals surface area contributed by atoms with Gasteiger partial charge in [0.2, 0.25) is 0 Å². The average Bonchev–Trinajstić information content (AvgIpc) is 3.23. The second kappa shape index (κ2) is 43.7. The van der Waals surface area contributed by atoms with Crippen molar-refractivity contribution in [2.24, 2.45) is 0 Å². The minimum Gasteiger partial charge on any atom is -0.756 e. The molecule has 0 radical (unpaired) electrons. The second-order valence-electron chi connectivity index (χ2n) is 17.4. The van der Waals surface area contributed by atoms with E-state index in [1.54, 1.807) is 0 Å². The molecule has 0 spiro atoms. The van der Waals surface area contributed by atoms with Crippen molar-refractivity contribution < 1.29 is 42.1 Å². The van der Waals surface area contributed by atoms with Gasteiger partial charge >= 0.3 is 11.9 Å². The Morgan fingerprint density at radius 2 is 0.935 bits per heavy atom. The van der Waals surface area contributed by atoms with Gasteiger partial charge < -0.3 is 27.9 Å². The van der Waals surface area contributed by atoms with Gasteiger partial charge in [-0.3, -0.25) is 14.2 Å². The van der Waals surface area contributed by atoms with Gasteiger partial charge in [0.05, 0.1) is 27.7 Å². The third-order valence-corrected chi connectivity index (χ3v) is 11.2. The second-order valence-corrected chi connectivity index (χ2v) is 18.9. The molecule has 0 aromatic rings. The molecule has 0 aromatic heterocycles. The zero-order valence-electron chi connectivity index (χ0n) is 40.3. The summed E-state index contributed by atoms with van der Waals surface area (Å²) in [6.45, 7) is 4.05. The van der Waals surface area contributed by atoms with E-state index in [1.165, 1.54) is 96.3 Å². The standard InChI is InChI=1S/C52H92NO8P/c1-6-8-10-12-14-16-18-20-22-24-25-26-27-29-30-32-34-36-38-40-42-44-51(54)58-48-50(49-60-62(56,57)59-47-46-53(3,4)5)61-52(55)45-43-41-39-37-35-33-31-28-23-21-19-17-15-13-11-9-7-2/h9,11,15,17,21,23-25,31,33,37,39,50H,6-8,10,12-14,16,18-20,22,26-30,32,34-36,38,40-49H2,1-5H3/b11-9-,17-15-,23-21-,25-24-,33-31-,39-37-. The monoisotopic (exact) mass is 890 g/mol. The molecule has 0 aliphatic heterocycles. The number of phosphoric ester groups is 1. The summed E-state index contributed by atoms with van der Waals surface area (Å²) in [5, 5.41) is 0. The van der Waals surface area contributed by atoms with Crippen LogP contribution < -0.4 is 4.89 Å². The van der Waals surface area contributed by atoms with Gasteiger partial charge in [-0.25, -0.2) is 0 Å². The molecule has 0 amide bonds. The largest absolute Gasteiger partial charge is 0.756 e. The number of allylic oxidation sites excluding steroid dienone is 12. The Morgan fingerprint density at radius 1 is 0.516 bits per heavy atom. The van der Waals surface area contributed by atoms with Crippen molar-refractivity contribution in [3.8, 4) is 0 Å². The van der Waals surface area contributed by atoms with Gasteiger partial charge in [-0.2, -0.15) is 0 Å². The van der Waals surface area contributed by atoms with Crippen molar-refractivity contribution in [2.45, 2.75) is 200 Å². The first-order valence-electron chi connectivity index (χ1n) is 24.6. The van der Waals surface area contributed by atoms with E-state index < -0.39 is 32.5 Å². The van der Waals surface area contributed by atoms with Crippen molar-refractivity contribution in [3.63, 3.8) is 0 Å². The molecule has 2 unspecified atom stereocenters. The van der Waals surface area contributed by atoms with Crippen LogP contribution in [0, 0.1) is 0 Å². The molecule has 0 aliphatic rings. The average molecular weight is 890 g/mol. The Bertz CT molecular complexity index is 1280. The van der Waals surface area contributed by atoms with E-state index in [0.29, 0.717) is 23.9 Å². The first-order valence-corrected chi connectivity index (χ1v) is 26.1. The highest BCUT2D eigenvalue weighted by atomic mass is 31.2. The number of carbonyl (C=O) groups excluding carboxylic acids is 2. The molecule has 0 heterocycles. The lowest BCUT2D eigenvalue weighted by Gasteiger charge is -2.28. The topological polar surface area (TPSA) is 111 Å². The van der Waals surface area contributed by atoms with Crippen molar-refractivity contribution in [3.05, 3.63) is 72.9 Å². The Labute approximate surface area is 380 Å². The number of ether oxygens (including phenoxy) is 2. The molecule has 0 fully saturated rings. The summed E-state index contributed by atoms with van der Waals surface area (Å²) in [5.41, 5.74) is 0. The molecule has 0 aliphatic carbocycles. The van der Waals surface area contributed by atoms with Crippen molar-refractivity contribution in [1.82, 2.24) is 0 Å². The molecule has 62 heavy (non-hydrogen) atoms. The van der Waals surface area contributed by atoms with Crippen LogP contribution in [0.3, 0.4) is 0 Å². The number of nitrogens with zero attached hydrogens (tertiary/aromatic N) is 1. The highest BCUT2D eigenvalue weighted by Crippen LogP contribution is 2.38. The zero-order chi connectivity index (χ0) is 45.7. The molecule has 9 nitrogen and oxygen atoms in total. The van der Waals surface area contributed by atoms with E-state index >= 15 is 0 Å². The van der Waals surface area contributed by atoms with Gasteiger partial charge in [-0.15, -0.1) is 0 Å². The Hall–Kier alpha value is -2.55. The SMILES string of the molecule is CC/C=C\C/C=C\C/C=C\C/C=C\C/C=C\CCCC(=O)OC(COC(=O)CCCCCCCCCCC/C=C\CCCCCCCCCC)COP(=O)([O-])OCC[N+](C)(C)C. The van der Waals surface area contributed by atoms with Gasteiger partial charge in [0.1, 0.15) is 19.8 Å². The van der Waals surface area contributed by atoms with Crippen LogP contribution in [-0.2, 0) is 32.7 Å². The number of carbonyl (C=O) groups is 2. The maximum Gasteiger partial charge on any atom is 0.306 e. The summed E-state index contributed by atoms with van der Waals surface area (Å²) in [7, 11) is 1.12. The minimum absolute atomic E-state index is 0.0448. The number of unbranched alkanes of at least 4 members (excludes halogenated alkanes) is 18. The van der Waals surface area contributed by atoms with Crippen LogP contribution in [0.15, 0.2) is 72.9 Å². The normalized spacial score (nSPS) is 14.1. The van der Waals surface area contributed by atoms with E-state index in [9.17, 15) is 19.0 Å². The number of likely N-dealkylation sites (N-methyl/N-ethyl adjacent to an activating group) is 1. The Morgan fingerprint density at radius 3 is 1.44 bits per heavy atom. The summed E-state index contributed by atoms with van der Waals surface area (Å²) in [5.74, 6) is -0.907. The van der Waals surface area contributed by atoms with E-state index in [4.69, 9.17) is 18.5 Å². The minimum atomic E-state index is -4.65. The van der Waals surface area contributed by atoms with Crippen LogP contribution >= 0.6 is 7.82 Å². The van der Waals surface area contributed by atoms with Gasteiger partial charge in [0.25, 0.3) is 7.82 Å². The number of hydrogen-bond donors (Lipinski definition) is 0. The predicted molar refractivity (Wildman–Crippen MR) is 259 cm³/mol. The van der Waals surface area contributed by atoms with Crippen molar-refractivity contribution in [1.29, 1.82) is 0 Å². The highest BCUT2D eigenvalue weighted by Gasteiger charge is 2.21. The number of hydrogen-bond acceptors (Lipinski definition) is 8. The zero-order valence-corrected chi connectivity index (χ0v) is 41.2. The maximum absolute atomic E-state index is 12.7. The van der Waals surface area contributed by atoms with E-state index in [0.717, 1.165) is 57.8 Å². The summed E-state index contributed by atoms with van der Waals surface area (Å²) in [6.07, 6.45) is 55.2. The van der Waals surface area contributed by atoms with Crippen LogP contribution in [-0.4, -0.2) is 70.0 Å². The van der Waals surface area contributed by atoms with Crippen LogP contribution in [0.4, 0.5) is 0 Å². The molecule has 0 N–H and O–H groups in total. The molecule has 0 rings (SSSR count). The van der Waals surface area contributed by atoms with Gasteiger partial charge in [-0.05, 0) is 77.0 Å². The van der Waals surface area contributed by atoms with Crippen LogP contribution in [0.5, 0.6) is 0 Å². The molecule has 0 aromatic carbocycles. The fourth-order valence-electron chi connectivity index (χ4n) is 6.39. The molecule has 2 atom stereocenters. The van der Waals surface area contributed by atoms with Crippen LogP contribution in [0.25, 0.3) is 0 Å². The molecule has 0 saturated heterocycles. The lowest BCUT2D eigenvalue weighted by atomic mass is 10.1. The molecule has 10 heteroatoms. The first kappa shape index (κ1) is 59.5. The third kappa shape index (κ3) is 46.9. The molecule has 0 saturated carbocycles. The van der Waals surface area contributed by atoms with Gasteiger partial charge in [-0.1, -0.05) is 177 Å². The number of phosphoric acid groups is 1. The Kier molecular flexibility index (Phi) is 41.9. The molecule has 358 valence electrons. The smallest absolute Gasteiger partial charge is 0.306 e. The Balaban J connectivity index is 4.35. The van der Waals surface area contributed by atoms with Crippen molar-refractivity contribution in [2.75, 3.05) is 47.5 Å². The van der Waals surface area contributed by atoms with Crippen molar-refractivity contribution >= 4 is 19.8 Å². The lowest BCUT2D eigenvalue weighted by molar-refractivity contribution is -0.870. The summed E-state index contributed by atoms with van der Waals surface area (Å²) in [6, 6.07) is 0. The first-order chi connectivity index (χ1) is 30.0. The molecule has 0 bridgehead atoms. The van der Waals surface area contributed by atoms with Gasteiger partial charge in [0.15, 0.2) is 6.10 Å². The fraction of sp³-hybridized carbons (Fsp3) is 0.731. The quantitative estimate of drug-likeness (QED) is 0.0195. The van der Waals surface area contributed by atoms with Crippen LogP contribution in [0.1, 0.15) is 194 Å². The summed E-state index contributed by atoms with van der Waals surface area (Å²) >= 11 is 0. The van der Waals surface area contributed by atoms with E-state index in [-0.39, 0.29) is 26.1 Å². The number of rotatable bonds is 44. The number of quaternary nitrogens is 1. The van der Waals surface area contributed by atoms with E-state index in [2.05, 4.69) is 80.7 Å². The van der Waals surface area contributed by atoms with Crippen LogP contribution in [0.2, 0.25) is 0 Å². The molecular formula is C52H92NO8P. The lowest BCUT2D eigenvalue weighted by Crippen LogP contribution is -2.37. The van der Waals surface area contributed by atoms with Gasteiger partial charge in [0, 0.05) is 12.8 Å². The maximum atomic E-state index is 12.7. The molecular weight excluding hydrogens is 798 g/mol. The number of esters is 2. The summed E-state index contributed by atoms with van der Waals surface area (Å²) in [4.78, 5) is 37.6. The van der Waals surface area contributed by atoms with E-state index in [1.807, 2.05) is 27.2 Å². The highest BCUT2D eigenvalue weighted by molar-refractivity contribution is 7.45. The summed E-state index contributed by atoms with van der Waals surface area (Å²) < 4.78 is 33.9. The fourth-order valence-corrected chi connectivity index (χ4v) is 7.12. The third-order valence-electron chi connectivity index (χ3n) is 10.2. The predicted octanol–water partition coefficient (Wildman–Crippen LogP) is 13.9.